The molecule has 122 valence electrons. The Labute approximate surface area is 137 Å². The van der Waals surface area contributed by atoms with Crippen molar-refractivity contribution >= 4 is 33.2 Å². The summed E-state index contributed by atoms with van der Waals surface area (Å²) in [5.74, 6) is 3.78. The Bertz CT molecular complexity index is 795. The van der Waals surface area contributed by atoms with Gasteiger partial charge in [0.2, 0.25) is 0 Å². The highest BCUT2D eigenvalue weighted by Gasteiger charge is 2.27. The number of carbonyl (C=O) groups excluding carboxylic acids is 1. The molecule has 23 heavy (non-hydrogen) atoms. The highest BCUT2D eigenvalue weighted by Crippen LogP contribution is 2.24. The lowest BCUT2D eigenvalue weighted by atomic mass is 10.3. The van der Waals surface area contributed by atoms with Gasteiger partial charge in [0.15, 0.2) is 0 Å². The first-order valence-electron chi connectivity index (χ1n) is 6.38. The summed E-state index contributed by atoms with van der Waals surface area (Å²) < 4.78 is 39.4. The molecule has 2 aromatic carbocycles. The monoisotopic (exact) mass is 357 g/mol. The van der Waals surface area contributed by atoms with Crippen LogP contribution >= 0.6 is 11.6 Å². The average Bonchev–Trinajstić information content (AvgIpc) is 2.53. The fraction of sp³-hybridized carbons (Fsp3) is 0.0714. The molecule has 0 heterocycles. The van der Waals surface area contributed by atoms with Crippen molar-refractivity contribution in [3.8, 4) is 0 Å². The number of halogens is 2. The molecule has 0 bridgehead atoms. The summed E-state index contributed by atoms with van der Waals surface area (Å²) >= 11 is 5.75. The predicted molar refractivity (Wildman–Crippen MR) is 84.7 cm³/mol. The summed E-state index contributed by atoms with van der Waals surface area (Å²) in [5, 5.41) is 0.372. The molecule has 3 N–H and O–H groups in total. The van der Waals surface area contributed by atoms with Crippen molar-refractivity contribution in [3.05, 3.63) is 59.4 Å². The quantitative estimate of drug-likeness (QED) is 0.483. The maximum atomic E-state index is 13.1. The fourth-order valence-corrected chi connectivity index (χ4v) is 3.38. The molecule has 0 aliphatic carbocycles. The maximum absolute atomic E-state index is 13.1. The molecule has 0 fully saturated rings. The minimum Gasteiger partial charge on any atom is -0.293 e. The molecule has 6 nitrogen and oxygen atoms in total. The Morgan fingerprint density at radius 2 is 1.70 bits per heavy atom. The zero-order valence-corrected chi connectivity index (χ0v) is 13.3. The van der Waals surface area contributed by atoms with E-state index in [1.54, 1.807) is 0 Å². The number of nitrogens with one attached hydrogen (secondary N) is 1. The van der Waals surface area contributed by atoms with Crippen LogP contribution in [-0.4, -0.2) is 20.9 Å². The van der Waals surface area contributed by atoms with Crippen LogP contribution in [-0.2, 0) is 14.8 Å². The molecule has 2 rings (SSSR count). The van der Waals surface area contributed by atoms with E-state index in [1.165, 1.54) is 36.4 Å². The third-order valence-corrected chi connectivity index (χ3v) is 5.00. The SMILES string of the molecule is NNC(=O)CN(c1ccc(F)cc1)S(=O)(=O)c1ccc(Cl)cc1. The van der Waals surface area contributed by atoms with Crippen LogP contribution in [0.25, 0.3) is 0 Å². The number of hydrogen-bond acceptors (Lipinski definition) is 4. The Balaban J connectivity index is 2.49. The lowest BCUT2D eigenvalue weighted by Crippen LogP contribution is -2.43. The molecule has 0 saturated heterocycles. The summed E-state index contributed by atoms with van der Waals surface area (Å²) in [4.78, 5) is 11.5. The van der Waals surface area contributed by atoms with Gasteiger partial charge in [-0.2, -0.15) is 0 Å². The van der Waals surface area contributed by atoms with Crippen LogP contribution < -0.4 is 15.6 Å². The Morgan fingerprint density at radius 3 is 2.22 bits per heavy atom. The standard InChI is InChI=1S/C14H13ClFN3O3S/c15-10-1-7-13(8-2-10)23(21,22)19(9-14(20)18-17)12-5-3-11(16)4-6-12/h1-8H,9,17H2,(H,18,20). The molecule has 0 aliphatic heterocycles. The van der Waals surface area contributed by atoms with Crippen LogP contribution in [0.15, 0.2) is 53.4 Å². The Morgan fingerprint density at radius 1 is 1.13 bits per heavy atom. The molecule has 2 aromatic rings. The number of rotatable bonds is 5. The van der Waals surface area contributed by atoms with Crippen LogP contribution in [0.3, 0.4) is 0 Å². The number of carbonyl (C=O) groups is 1. The topological polar surface area (TPSA) is 92.5 Å². The number of hydrogen-bond donors (Lipinski definition) is 2. The average molecular weight is 358 g/mol. The second-order valence-corrected chi connectivity index (χ2v) is 6.81. The van der Waals surface area contributed by atoms with Gasteiger partial charge in [-0.05, 0) is 48.5 Å². The molecule has 0 unspecified atom stereocenters. The largest absolute Gasteiger partial charge is 0.293 e. The van der Waals surface area contributed by atoms with Crippen LogP contribution in [0, 0.1) is 5.82 Å². The number of nitrogens with zero attached hydrogens (tertiary/aromatic N) is 1. The molecule has 0 saturated carbocycles. The zero-order chi connectivity index (χ0) is 17.0. The maximum Gasteiger partial charge on any atom is 0.264 e. The van der Waals surface area contributed by atoms with Gasteiger partial charge in [-0.3, -0.25) is 14.5 Å². The lowest BCUT2D eigenvalue weighted by molar-refractivity contribution is -0.119. The van der Waals surface area contributed by atoms with Gasteiger partial charge in [0, 0.05) is 5.02 Å². The van der Waals surface area contributed by atoms with E-state index in [9.17, 15) is 17.6 Å². The van der Waals surface area contributed by atoms with Crippen molar-refractivity contribution in [2.45, 2.75) is 4.90 Å². The molecule has 0 spiro atoms. The third-order valence-electron chi connectivity index (χ3n) is 2.96. The predicted octanol–water partition coefficient (Wildman–Crippen LogP) is 1.66. The molecule has 9 heteroatoms. The highest BCUT2D eigenvalue weighted by molar-refractivity contribution is 7.92. The summed E-state index contributed by atoms with van der Waals surface area (Å²) in [5.41, 5.74) is 2.00. The molecule has 0 atom stereocenters. The van der Waals surface area contributed by atoms with Crippen LogP contribution in [0.1, 0.15) is 0 Å². The summed E-state index contributed by atoms with van der Waals surface area (Å²) in [7, 11) is -4.05. The first-order valence-corrected chi connectivity index (χ1v) is 8.19. The van der Waals surface area contributed by atoms with Crippen molar-refractivity contribution in [1.82, 2.24) is 5.43 Å². The van der Waals surface area contributed by atoms with Gasteiger partial charge >= 0.3 is 0 Å². The van der Waals surface area contributed by atoms with Crippen molar-refractivity contribution in [1.29, 1.82) is 0 Å². The van der Waals surface area contributed by atoms with E-state index in [0.29, 0.717) is 5.02 Å². The minimum atomic E-state index is -4.05. The number of benzene rings is 2. The van der Waals surface area contributed by atoms with E-state index in [0.717, 1.165) is 16.4 Å². The van der Waals surface area contributed by atoms with E-state index in [4.69, 9.17) is 17.4 Å². The normalized spacial score (nSPS) is 11.1. The first kappa shape index (κ1) is 17.2. The van der Waals surface area contributed by atoms with Crippen molar-refractivity contribution in [2.75, 3.05) is 10.8 Å². The van der Waals surface area contributed by atoms with Gasteiger partial charge in [-0.25, -0.2) is 18.7 Å². The zero-order valence-electron chi connectivity index (χ0n) is 11.7. The second-order valence-electron chi connectivity index (χ2n) is 4.51. The molecule has 0 aliphatic rings. The first-order chi connectivity index (χ1) is 10.8. The molecular weight excluding hydrogens is 345 g/mol. The van der Waals surface area contributed by atoms with Crippen LogP contribution in [0.2, 0.25) is 5.02 Å². The number of nitrogens with two attached hydrogens (primary N) is 1. The fourth-order valence-electron chi connectivity index (χ4n) is 1.83. The van der Waals surface area contributed by atoms with Crippen LogP contribution in [0.4, 0.5) is 10.1 Å². The van der Waals surface area contributed by atoms with E-state index in [-0.39, 0.29) is 10.6 Å². The Hall–Kier alpha value is -2.16. The van der Waals surface area contributed by atoms with Gasteiger partial charge < -0.3 is 0 Å². The van der Waals surface area contributed by atoms with Crippen molar-refractivity contribution in [2.24, 2.45) is 5.84 Å². The minimum absolute atomic E-state index is 0.0592. The number of hydrazine groups is 1. The van der Waals surface area contributed by atoms with E-state index >= 15 is 0 Å². The lowest BCUT2D eigenvalue weighted by Gasteiger charge is -2.23. The second kappa shape index (κ2) is 6.95. The van der Waals surface area contributed by atoms with Gasteiger partial charge in [0.05, 0.1) is 10.6 Å². The van der Waals surface area contributed by atoms with Crippen molar-refractivity contribution in [3.63, 3.8) is 0 Å². The highest BCUT2D eigenvalue weighted by atomic mass is 35.5. The summed E-state index contributed by atoms with van der Waals surface area (Å²) in [6.45, 7) is -0.549. The molecule has 0 aromatic heterocycles. The van der Waals surface area contributed by atoms with Gasteiger partial charge in [0.25, 0.3) is 15.9 Å². The van der Waals surface area contributed by atoms with Crippen molar-refractivity contribution < 1.29 is 17.6 Å². The Kier molecular flexibility index (Phi) is 5.19. The van der Waals surface area contributed by atoms with Gasteiger partial charge in [0.1, 0.15) is 12.4 Å². The number of anilines is 1. The number of amides is 1. The molecular formula is C14H13ClFN3O3S. The third kappa shape index (κ3) is 3.98. The smallest absolute Gasteiger partial charge is 0.264 e. The van der Waals surface area contributed by atoms with E-state index in [1.807, 2.05) is 5.43 Å². The molecule has 0 radical (unpaired) electrons. The summed E-state index contributed by atoms with van der Waals surface area (Å²) in [6, 6.07) is 10.2. The number of sulfonamides is 1. The summed E-state index contributed by atoms with van der Waals surface area (Å²) in [6.07, 6.45) is 0. The van der Waals surface area contributed by atoms with Gasteiger partial charge in [-0.15, -0.1) is 0 Å². The molecule has 1 amide bonds. The van der Waals surface area contributed by atoms with E-state index < -0.39 is 28.3 Å². The van der Waals surface area contributed by atoms with Crippen LogP contribution in [0.5, 0.6) is 0 Å². The van der Waals surface area contributed by atoms with Gasteiger partial charge in [-0.1, -0.05) is 11.6 Å². The van der Waals surface area contributed by atoms with E-state index in [2.05, 4.69) is 0 Å².